The number of hydrogen-bond acceptors (Lipinski definition) is 10. The Morgan fingerprint density at radius 1 is 0.789 bits per heavy atom. The number of benzene rings is 2. The van der Waals surface area contributed by atoms with Crippen molar-refractivity contribution in [2.75, 3.05) is 13.0 Å². The van der Waals surface area contributed by atoms with E-state index in [0.717, 1.165) is 56.1 Å². The minimum Gasteiger partial charge on any atom is -0.481 e. The van der Waals surface area contributed by atoms with Crippen LogP contribution >= 0.6 is 7.60 Å². The quantitative estimate of drug-likeness (QED) is 0.0750. The molecule has 0 radical (unpaired) electrons. The SMILES string of the molecule is C[C@H](CCC(=O)OCOC(=O)CCC(CP(=O)(OCc1ccccc1)OCc1ccccc1)C(=O)O)C1CCC2C3CCC4C[C@H](O)CC[C@]4(C)C3C[C@H](O)[C@@]21C. The van der Waals surface area contributed by atoms with Crippen molar-refractivity contribution in [3.05, 3.63) is 71.8 Å². The van der Waals surface area contributed by atoms with Crippen LogP contribution in [-0.2, 0) is 50.7 Å². The van der Waals surface area contributed by atoms with Gasteiger partial charge < -0.3 is 33.8 Å². The molecule has 2 aromatic rings. The van der Waals surface area contributed by atoms with Gasteiger partial charge in [0.25, 0.3) is 0 Å². The highest BCUT2D eigenvalue weighted by Crippen LogP contribution is 2.68. The van der Waals surface area contributed by atoms with Crippen LogP contribution in [0.2, 0.25) is 0 Å². The molecule has 0 spiro atoms. The van der Waals surface area contributed by atoms with E-state index in [1.54, 1.807) is 24.3 Å². The first-order valence-corrected chi connectivity index (χ1v) is 22.8. The molecule has 6 unspecified atom stereocenters. The van der Waals surface area contributed by atoms with Gasteiger partial charge in [0.2, 0.25) is 6.79 Å². The zero-order valence-electron chi connectivity index (χ0n) is 33.8. The molecule has 0 heterocycles. The molecular weight excluding hydrogens is 747 g/mol. The van der Waals surface area contributed by atoms with Crippen LogP contribution in [0.25, 0.3) is 0 Å². The summed E-state index contributed by atoms with van der Waals surface area (Å²) in [6.45, 7) is 6.22. The molecule has 0 amide bonds. The zero-order chi connectivity index (χ0) is 40.8. The highest BCUT2D eigenvalue weighted by atomic mass is 31.2. The number of aliphatic hydroxyl groups excluding tert-OH is 2. The van der Waals surface area contributed by atoms with E-state index in [0.29, 0.717) is 30.1 Å². The van der Waals surface area contributed by atoms with Crippen molar-refractivity contribution in [1.82, 2.24) is 0 Å². The molecule has 11 atom stereocenters. The summed E-state index contributed by atoms with van der Waals surface area (Å²) >= 11 is 0. The number of fused-ring (bicyclic) bond motifs is 5. The molecule has 0 bridgehead atoms. The van der Waals surface area contributed by atoms with Gasteiger partial charge in [-0.05, 0) is 122 Å². The number of ether oxygens (including phenoxy) is 2. The fourth-order valence-electron chi connectivity index (χ4n) is 11.5. The third-order valence-electron chi connectivity index (χ3n) is 14.8. The van der Waals surface area contributed by atoms with E-state index in [1.807, 2.05) is 36.4 Å². The fourth-order valence-corrected chi connectivity index (χ4v) is 13.4. The summed E-state index contributed by atoms with van der Waals surface area (Å²) in [7, 11) is -3.94. The fraction of sp³-hybridized carbons (Fsp3) is 0.667. The van der Waals surface area contributed by atoms with Gasteiger partial charge in [0.1, 0.15) is 0 Å². The van der Waals surface area contributed by atoms with Crippen LogP contribution in [0.5, 0.6) is 0 Å². The van der Waals surface area contributed by atoms with Crippen LogP contribution < -0.4 is 0 Å². The van der Waals surface area contributed by atoms with Gasteiger partial charge in [0, 0.05) is 12.8 Å². The number of carboxylic acids is 1. The van der Waals surface area contributed by atoms with Crippen LogP contribution in [0.15, 0.2) is 60.7 Å². The molecule has 314 valence electrons. The molecule has 0 saturated heterocycles. The molecule has 57 heavy (non-hydrogen) atoms. The van der Waals surface area contributed by atoms with Crippen LogP contribution in [0.3, 0.4) is 0 Å². The maximum atomic E-state index is 13.9. The average molecular weight is 811 g/mol. The van der Waals surface area contributed by atoms with Gasteiger partial charge in [-0.1, -0.05) is 81.4 Å². The number of hydrogen-bond donors (Lipinski definition) is 3. The smallest absolute Gasteiger partial charge is 0.332 e. The Morgan fingerprint density at radius 2 is 1.39 bits per heavy atom. The van der Waals surface area contributed by atoms with Gasteiger partial charge in [-0.25, -0.2) is 0 Å². The third kappa shape index (κ3) is 10.2. The molecular formula is C45H63O11P. The van der Waals surface area contributed by atoms with Gasteiger partial charge in [0.15, 0.2) is 0 Å². The summed E-state index contributed by atoms with van der Waals surface area (Å²) in [5, 5.41) is 32.2. The number of esters is 2. The van der Waals surface area contributed by atoms with E-state index in [4.69, 9.17) is 18.5 Å². The lowest BCUT2D eigenvalue weighted by Crippen LogP contribution is -2.58. The van der Waals surface area contributed by atoms with Crippen LogP contribution in [0.1, 0.15) is 109 Å². The Morgan fingerprint density at radius 3 is 1.98 bits per heavy atom. The Labute approximate surface area is 337 Å². The van der Waals surface area contributed by atoms with Crippen molar-refractivity contribution in [3.8, 4) is 0 Å². The molecule has 12 heteroatoms. The summed E-state index contributed by atoms with van der Waals surface area (Å²) in [5.41, 5.74) is 1.47. The molecule has 4 saturated carbocycles. The van der Waals surface area contributed by atoms with Crippen LogP contribution in [-0.4, -0.2) is 58.4 Å². The molecule has 0 aromatic heterocycles. The van der Waals surface area contributed by atoms with Gasteiger partial charge in [0.05, 0.1) is 37.5 Å². The van der Waals surface area contributed by atoms with Crippen molar-refractivity contribution in [2.24, 2.45) is 52.3 Å². The largest absolute Gasteiger partial charge is 0.481 e. The van der Waals surface area contributed by atoms with E-state index in [9.17, 15) is 34.3 Å². The average Bonchev–Trinajstić information content (AvgIpc) is 3.57. The van der Waals surface area contributed by atoms with Crippen molar-refractivity contribution >= 4 is 25.5 Å². The topological polar surface area (TPSA) is 166 Å². The number of rotatable bonds is 18. The Balaban J connectivity index is 0.943. The van der Waals surface area contributed by atoms with Gasteiger partial charge in [-0.3, -0.25) is 18.9 Å². The van der Waals surface area contributed by atoms with Crippen molar-refractivity contribution < 1.29 is 52.8 Å². The Kier molecular flexibility index (Phi) is 14.4. The summed E-state index contributed by atoms with van der Waals surface area (Å²) < 4.78 is 35.8. The molecule has 11 nitrogen and oxygen atoms in total. The number of carbonyl (C=O) groups excluding carboxylic acids is 2. The molecule has 6 rings (SSSR count). The number of aliphatic hydroxyl groups is 2. The lowest BCUT2D eigenvalue weighted by molar-refractivity contribution is -0.175. The minimum atomic E-state index is -3.94. The van der Waals surface area contributed by atoms with Crippen LogP contribution in [0.4, 0.5) is 0 Å². The summed E-state index contributed by atoms with van der Waals surface area (Å²) in [4.78, 5) is 37.6. The van der Waals surface area contributed by atoms with Crippen molar-refractivity contribution in [3.63, 3.8) is 0 Å². The first-order chi connectivity index (χ1) is 27.2. The highest BCUT2D eigenvalue weighted by molar-refractivity contribution is 7.53. The second-order valence-electron chi connectivity index (χ2n) is 17.9. The maximum absolute atomic E-state index is 13.9. The monoisotopic (exact) mass is 810 g/mol. The molecule has 4 fully saturated rings. The van der Waals surface area contributed by atoms with E-state index in [1.165, 1.54) is 6.42 Å². The second-order valence-corrected chi connectivity index (χ2v) is 20.0. The molecule has 2 aromatic carbocycles. The molecule has 0 aliphatic heterocycles. The third-order valence-corrected chi connectivity index (χ3v) is 16.7. The number of aliphatic carboxylic acids is 1. The van der Waals surface area contributed by atoms with E-state index in [-0.39, 0.29) is 61.2 Å². The van der Waals surface area contributed by atoms with Crippen molar-refractivity contribution in [2.45, 2.75) is 123 Å². The zero-order valence-corrected chi connectivity index (χ0v) is 34.7. The van der Waals surface area contributed by atoms with E-state index in [2.05, 4.69) is 20.8 Å². The van der Waals surface area contributed by atoms with Crippen molar-refractivity contribution in [1.29, 1.82) is 0 Å². The second kappa shape index (κ2) is 18.9. The lowest BCUT2D eigenvalue weighted by Gasteiger charge is -2.62. The number of carboxylic acid groups (broad SMARTS) is 1. The summed E-state index contributed by atoms with van der Waals surface area (Å²) in [5.74, 6) is -1.17. The minimum absolute atomic E-state index is 0.0400. The first kappa shape index (κ1) is 43.5. The van der Waals surface area contributed by atoms with Crippen LogP contribution in [0, 0.1) is 52.3 Å². The molecule has 3 N–H and O–H groups in total. The summed E-state index contributed by atoms with van der Waals surface area (Å²) in [6, 6.07) is 18.1. The summed E-state index contributed by atoms with van der Waals surface area (Å²) in [6.07, 6.45) is 7.29. The Bertz CT molecular complexity index is 1660. The predicted molar refractivity (Wildman–Crippen MR) is 213 cm³/mol. The van der Waals surface area contributed by atoms with Gasteiger partial charge in [-0.2, -0.15) is 0 Å². The molecule has 4 aliphatic carbocycles. The highest BCUT2D eigenvalue weighted by Gasteiger charge is 2.63. The number of carbonyl (C=O) groups is 3. The maximum Gasteiger partial charge on any atom is 0.332 e. The Hall–Kier alpha value is -3.08. The van der Waals surface area contributed by atoms with E-state index < -0.39 is 50.5 Å². The van der Waals surface area contributed by atoms with Gasteiger partial charge >= 0.3 is 25.5 Å². The predicted octanol–water partition coefficient (Wildman–Crippen LogP) is 8.54. The van der Waals surface area contributed by atoms with Gasteiger partial charge in [-0.15, -0.1) is 0 Å². The first-order valence-electron chi connectivity index (χ1n) is 21.1. The molecule has 4 aliphatic rings. The normalized spacial score (nSPS) is 31.9. The standard InChI is InChI=1S/C45H63O11P/c1-30(37-18-19-38-36-17-16-34-24-35(46)22-23-44(34,2)39(36)25-40(47)45(37,38)3)14-20-41(48)53-29-54-42(49)21-15-33(43(50)51)28-57(52,55-26-31-10-6-4-7-11-31)56-27-32-12-8-5-9-13-32/h4-13,30,33-40,46-47H,14-29H2,1-3H3,(H,50,51)/t30-,33?,34?,35-,36?,37?,38?,39?,40+,44+,45-/m1/s1. The lowest BCUT2D eigenvalue weighted by atomic mass is 9.43. The van der Waals surface area contributed by atoms with E-state index >= 15 is 0 Å².